The van der Waals surface area contributed by atoms with Gasteiger partial charge in [0.1, 0.15) is 5.52 Å². The number of benzene rings is 1. The van der Waals surface area contributed by atoms with Crippen molar-refractivity contribution in [2.45, 2.75) is 19.8 Å². The summed E-state index contributed by atoms with van der Waals surface area (Å²) in [6.45, 7) is 3.02. The van der Waals surface area contributed by atoms with Crippen LogP contribution in [0, 0.1) is 0 Å². The molecule has 4 rings (SSSR count). The highest BCUT2D eigenvalue weighted by molar-refractivity contribution is 6.01. The maximum Gasteiger partial charge on any atom is 0.321 e. The van der Waals surface area contributed by atoms with Gasteiger partial charge < -0.3 is 15.2 Å². The zero-order chi connectivity index (χ0) is 18.8. The van der Waals surface area contributed by atoms with Gasteiger partial charge in [-0.2, -0.15) is 0 Å². The van der Waals surface area contributed by atoms with E-state index in [1.165, 1.54) is 0 Å². The lowest BCUT2D eigenvalue weighted by atomic mass is 10.1. The summed E-state index contributed by atoms with van der Waals surface area (Å²) in [5.74, 6) is 0.916. The van der Waals surface area contributed by atoms with Crippen molar-refractivity contribution in [3.05, 3.63) is 30.6 Å². The van der Waals surface area contributed by atoms with Crippen LogP contribution < -0.4 is 15.5 Å². The molecule has 9 nitrogen and oxygen atoms in total. The lowest BCUT2D eigenvalue weighted by Gasteiger charge is -2.16. The van der Waals surface area contributed by atoms with Crippen molar-refractivity contribution < 1.29 is 9.59 Å². The van der Waals surface area contributed by atoms with E-state index in [0.717, 1.165) is 12.1 Å². The number of amides is 3. The van der Waals surface area contributed by atoms with E-state index in [4.69, 9.17) is 0 Å². The van der Waals surface area contributed by atoms with Crippen LogP contribution in [-0.4, -0.2) is 45.0 Å². The van der Waals surface area contributed by atoms with Crippen LogP contribution in [0.15, 0.2) is 30.6 Å². The second-order valence-electron chi connectivity index (χ2n) is 6.18. The van der Waals surface area contributed by atoms with Gasteiger partial charge in [0.05, 0.1) is 5.52 Å². The van der Waals surface area contributed by atoms with Gasteiger partial charge in [0.15, 0.2) is 5.82 Å². The Bertz CT molecular complexity index is 1000. The number of carbonyl (C=O) groups is 2. The summed E-state index contributed by atoms with van der Waals surface area (Å²) < 4.78 is 0. The Labute approximate surface area is 155 Å². The maximum absolute atomic E-state index is 12.2. The van der Waals surface area contributed by atoms with E-state index in [2.05, 4.69) is 30.6 Å². The summed E-state index contributed by atoms with van der Waals surface area (Å²) in [7, 11) is 0. The smallest absolute Gasteiger partial charge is 0.321 e. The number of imidazole rings is 1. The largest absolute Gasteiger partial charge is 0.338 e. The SMILES string of the molecule is CCNC(=O)Nc1nc2c(-c3ncccn3)cc(N3CCCC3=O)cc2[nH]1. The van der Waals surface area contributed by atoms with Gasteiger partial charge in [0.2, 0.25) is 11.9 Å². The number of hydrogen-bond acceptors (Lipinski definition) is 5. The molecule has 1 aliphatic rings. The van der Waals surface area contributed by atoms with Gasteiger partial charge in [0, 0.05) is 43.2 Å². The minimum absolute atomic E-state index is 0.0921. The molecule has 0 aliphatic carbocycles. The minimum atomic E-state index is -0.344. The molecule has 1 aromatic carbocycles. The Morgan fingerprint density at radius 2 is 2.11 bits per heavy atom. The number of H-pyrrole nitrogens is 1. The van der Waals surface area contributed by atoms with Crippen LogP contribution >= 0.6 is 0 Å². The van der Waals surface area contributed by atoms with Crippen LogP contribution in [-0.2, 0) is 4.79 Å². The topological polar surface area (TPSA) is 116 Å². The van der Waals surface area contributed by atoms with Crippen molar-refractivity contribution in [2.75, 3.05) is 23.3 Å². The summed E-state index contributed by atoms with van der Waals surface area (Å²) in [5.41, 5.74) is 2.79. The minimum Gasteiger partial charge on any atom is -0.338 e. The lowest BCUT2D eigenvalue weighted by molar-refractivity contribution is -0.117. The highest BCUT2D eigenvalue weighted by atomic mass is 16.2. The van der Waals surface area contributed by atoms with Gasteiger partial charge in [-0.1, -0.05) is 0 Å². The van der Waals surface area contributed by atoms with Crippen molar-refractivity contribution in [1.29, 1.82) is 0 Å². The molecule has 1 saturated heterocycles. The molecule has 0 saturated carbocycles. The summed E-state index contributed by atoms with van der Waals surface area (Å²) in [6, 6.07) is 5.13. The third-order valence-corrected chi connectivity index (χ3v) is 4.33. The Balaban J connectivity index is 1.82. The molecular formula is C18H19N7O2. The normalized spacial score (nSPS) is 14.0. The number of anilines is 2. The average molecular weight is 365 g/mol. The molecule has 0 radical (unpaired) electrons. The Kier molecular flexibility index (Phi) is 4.41. The van der Waals surface area contributed by atoms with Gasteiger partial charge in [-0.25, -0.2) is 19.7 Å². The van der Waals surface area contributed by atoms with E-state index in [1.54, 1.807) is 23.4 Å². The number of fused-ring (bicyclic) bond motifs is 1. The first-order valence-corrected chi connectivity index (χ1v) is 8.82. The summed E-state index contributed by atoms with van der Waals surface area (Å²) in [4.78, 5) is 42.0. The Morgan fingerprint density at radius 1 is 1.30 bits per heavy atom. The van der Waals surface area contributed by atoms with Crippen molar-refractivity contribution >= 4 is 34.6 Å². The van der Waals surface area contributed by atoms with Gasteiger partial charge in [-0.15, -0.1) is 0 Å². The molecule has 27 heavy (non-hydrogen) atoms. The Morgan fingerprint density at radius 3 is 2.81 bits per heavy atom. The molecule has 3 aromatic rings. The predicted octanol–water partition coefficient (Wildman–Crippen LogP) is 2.29. The number of hydrogen-bond donors (Lipinski definition) is 3. The van der Waals surface area contributed by atoms with Crippen LogP contribution in [0.25, 0.3) is 22.4 Å². The fourth-order valence-corrected chi connectivity index (χ4v) is 3.16. The van der Waals surface area contributed by atoms with Crippen LogP contribution in [0.1, 0.15) is 19.8 Å². The highest BCUT2D eigenvalue weighted by Crippen LogP contribution is 2.33. The third kappa shape index (κ3) is 3.31. The number of urea groups is 1. The van der Waals surface area contributed by atoms with E-state index in [9.17, 15) is 9.59 Å². The monoisotopic (exact) mass is 365 g/mol. The standard InChI is InChI=1S/C18H19N7O2/c1-2-19-18(27)24-17-22-13-10-11(25-8-3-5-14(25)26)9-12(15(13)23-17)16-20-6-4-7-21-16/h4,6-7,9-10H,2-3,5,8H2,1H3,(H3,19,22,23,24,27). The number of rotatable bonds is 4. The second-order valence-corrected chi connectivity index (χ2v) is 6.18. The second kappa shape index (κ2) is 7.02. The molecule has 3 N–H and O–H groups in total. The van der Waals surface area contributed by atoms with Crippen molar-refractivity contribution in [2.24, 2.45) is 0 Å². The first-order valence-electron chi connectivity index (χ1n) is 8.82. The van der Waals surface area contributed by atoms with Crippen molar-refractivity contribution in [1.82, 2.24) is 25.3 Å². The Hall–Kier alpha value is -3.49. The van der Waals surface area contributed by atoms with Crippen molar-refractivity contribution in [3.8, 4) is 11.4 Å². The molecule has 0 atom stereocenters. The summed E-state index contributed by atoms with van der Waals surface area (Å²) in [5, 5.41) is 5.33. The van der Waals surface area contributed by atoms with E-state index in [-0.39, 0.29) is 11.9 Å². The molecule has 2 aromatic heterocycles. The molecule has 9 heteroatoms. The predicted molar refractivity (Wildman–Crippen MR) is 101 cm³/mol. The van der Waals surface area contributed by atoms with Gasteiger partial charge in [0.25, 0.3) is 0 Å². The fraction of sp³-hybridized carbons (Fsp3) is 0.278. The van der Waals surface area contributed by atoms with Crippen LogP contribution in [0.3, 0.4) is 0 Å². The average Bonchev–Trinajstić information content (AvgIpc) is 3.27. The van der Waals surface area contributed by atoms with Crippen LogP contribution in [0.4, 0.5) is 16.4 Å². The first kappa shape index (κ1) is 17.0. The van der Waals surface area contributed by atoms with Crippen LogP contribution in [0.5, 0.6) is 0 Å². The summed E-state index contributed by atoms with van der Waals surface area (Å²) >= 11 is 0. The fourth-order valence-electron chi connectivity index (χ4n) is 3.16. The molecule has 0 bridgehead atoms. The van der Waals surface area contributed by atoms with Gasteiger partial charge in [-0.3, -0.25) is 10.1 Å². The number of aromatic nitrogens is 4. The number of nitrogens with one attached hydrogen (secondary N) is 3. The van der Waals surface area contributed by atoms with E-state index in [1.807, 2.05) is 19.1 Å². The van der Waals surface area contributed by atoms with E-state index < -0.39 is 0 Å². The first-order chi connectivity index (χ1) is 13.2. The molecule has 0 unspecified atom stereocenters. The lowest BCUT2D eigenvalue weighted by Crippen LogP contribution is -2.28. The molecular weight excluding hydrogens is 346 g/mol. The molecule has 138 valence electrons. The molecule has 0 spiro atoms. The highest BCUT2D eigenvalue weighted by Gasteiger charge is 2.24. The number of carbonyl (C=O) groups excluding carboxylic acids is 2. The van der Waals surface area contributed by atoms with Gasteiger partial charge in [-0.05, 0) is 31.5 Å². The molecule has 3 heterocycles. The third-order valence-electron chi connectivity index (χ3n) is 4.33. The summed E-state index contributed by atoms with van der Waals surface area (Å²) in [6.07, 6.45) is 4.69. The van der Waals surface area contributed by atoms with Gasteiger partial charge >= 0.3 is 6.03 Å². The van der Waals surface area contributed by atoms with Crippen molar-refractivity contribution in [3.63, 3.8) is 0 Å². The molecule has 1 aliphatic heterocycles. The van der Waals surface area contributed by atoms with Crippen LogP contribution in [0.2, 0.25) is 0 Å². The zero-order valence-electron chi connectivity index (χ0n) is 14.8. The maximum atomic E-state index is 12.2. The molecule has 3 amide bonds. The number of aromatic amines is 1. The van der Waals surface area contributed by atoms with E-state index >= 15 is 0 Å². The molecule has 1 fully saturated rings. The number of nitrogens with zero attached hydrogens (tertiary/aromatic N) is 4. The quantitative estimate of drug-likeness (QED) is 0.656. The van der Waals surface area contributed by atoms with E-state index in [0.29, 0.717) is 47.9 Å². The zero-order valence-corrected chi connectivity index (χ0v) is 14.8.